The molecule has 0 aliphatic carbocycles. The Morgan fingerprint density at radius 3 is 1.45 bits per heavy atom. The number of benzene rings is 3. The Bertz CT molecular complexity index is 1230. The average molecular weight is 565 g/mol. The normalized spacial score (nSPS) is 11.9. The van der Waals surface area contributed by atoms with Gasteiger partial charge in [0, 0.05) is 12.2 Å². The molecule has 210 valence electrons. The molecule has 2 atom stereocenters. The van der Waals surface area contributed by atoms with Gasteiger partial charge < -0.3 is 24.8 Å². The highest BCUT2D eigenvalue weighted by Gasteiger charge is 2.27. The van der Waals surface area contributed by atoms with E-state index in [2.05, 4.69) is 23.3 Å². The fourth-order valence-corrected chi connectivity index (χ4v) is 3.76. The van der Waals surface area contributed by atoms with Crippen LogP contribution in [0.5, 0.6) is 0 Å². The molecule has 0 bridgehead atoms. The Morgan fingerprint density at radius 1 is 0.600 bits per heavy atom. The van der Waals surface area contributed by atoms with Gasteiger partial charge in [0.1, 0.15) is 31.9 Å². The number of ether oxygens (including phenoxy) is 3. The van der Waals surface area contributed by atoms with Crippen molar-refractivity contribution >= 4 is 36.6 Å². The highest BCUT2D eigenvalue weighted by Crippen LogP contribution is 2.09. The second-order valence-corrected chi connectivity index (χ2v) is 9.14. The number of hydrogen-bond donors (Lipinski definition) is 3. The number of esters is 3. The summed E-state index contributed by atoms with van der Waals surface area (Å²) in [6.45, 7) is 0.112. The first-order valence-corrected chi connectivity index (χ1v) is 13.4. The van der Waals surface area contributed by atoms with Gasteiger partial charge >= 0.3 is 23.9 Å². The van der Waals surface area contributed by atoms with Gasteiger partial charge in [-0.25, -0.2) is 14.4 Å². The number of nitrogens with one attached hydrogen (secondary N) is 2. The Balaban J connectivity index is 1.55. The lowest BCUT2D eigenvalue weighted by molar-refractivity contribution is -0.149. The van der Waals surface area contributed by atoms with Crippen molar-refractivity contribution in [2.45, 2.75) is 44.7 Å². The minimum atomic E-state index is -1.17. The van der Waals surface area contributed by atoms with Gasteiger partial charge in [-0.3, -0.25) is 4.79 Å². The summed E-state index contributed by atoms with van der Waals surface area (Å²) in [6, 6.07) is 24.3. The molecule has 0 heterocycles. The third kappa shape index (κ3) is 10.8. The lowest BCUT2D eigenvalue weighted by atomic mass is 10.1. The molecule has 2 amide bonds. The maximum Gasteiger partial charge on any atom is 0.329 e. The van der Waals surface area contributed by atoms with Crippen molar-refractivity contribution in [2.75, 3.05) is 5.75 Å². The lowest BCUT2D eigenvalue weighted by Gasteiger charge is -2.20. The third-order valence-electron chi connectivity index (χ3n) is 5.69. The molecule has 0 aliphatic rings. The van der Waals surface area contributed by atoms with E-state index in [0.29, 0.717) is 0 Å². The van der Waals surface area contributed by atoms with Crippen LogP contribution in [0.15, 0.2) is 91.0 Å². The molecule has 1 unspecified atom stereocenters. The van der Waals surface area contributed by atoms with E-state index in [9.17, 15) is 19.2 Å². The van der Waals surface area contributed by atoms with Crippen LogP contribution in [-0.4, -0.2) is 41.8 Å². The molecule has 3 aromatic carbocycles. The lowest BCUT2D eigenvalue weighted by Crippen LogP contribution is -2.52. The molecule has 3 rings (SSSR count). The average Bonchev–Trinajstić information content (AvgIpc) is 3.00. The number of hydrogen-bond acceptors (Lipinski definition) is 8. The molecule has 0 saturated heterocycles. The van der Waals surface area contributed by atoms with Crippen LogP contribution >= 0.6 is 12.6 Å². The SMILES string of the molecule is O=C(NC(CCC(=O)OCc1ccccc1)C(=O)OCc1ccccc1)N[C@@H](CS)C(=O)OCc1ccccc1. The highest BCUT2D eigenvalue weighted by molar-refractivity contribution is 7.80. The van der Waals surface area contributed by atoms with Gasteiger partial charge in [0.25, 0.3) is 0 Å². The summed E-state index contributed by atoms with van der Waals surface area (Å²) in [4.78, 5) is 50.5. The Labute approximate surface area is 238 Å². The van der Waals surface area contributed by atoms with Gasteiger partial charge in [0.2, 0.25) is 0 Å². The first-order valence-electron chi connectivity index (χ1n) is 12.7. The summed E-state index contributed by atoms with van der Waals surface area (Å²) in [6.07, 6.45) is -0.216. The van der Waals surface area contributed by atoms with E-state index in [1.54, 1.807) is 24.3 Å². The summed E-state index contributed by atoms with van der Waals surface area (Å²) < 4.78 is 15.9. The third-order valence-corrected chi connectivity index (χ3v) is 6.06. The summed E-state index contributed by atoms with van der Waals surface area (Å²) in [5.74, 6) is -1.98. The second kappa shape index (κ2) is 16.6. The Kier molecular flexibility index (Phi) is 12.6. The molecule has 0 fully saturated rings. The van der Waals surface area contributed by atoms with Crippen LogP contribution in [-0.2, 0) is 48.4 Å². The molecule has 0 radical (unpaired) electrons. The number of amides is 2. The molecule has 2 N–H and O–H groups in total. The molecule has 0 saturated carbocycles. The van der Waals surface area contributed by atoms with Crippen molar-refractivity contribution in [3.8, 4) is 0 Å². The second-order valence-electron chi connectivity index (χ2n) is 8.78. The van der Waals surface area contributed by atoms with Crippen LogP contribution in [0.2, 0.25) is 0 Å². The van der Waals surface area contributed by atoms with Crippen molar-refractivity contribution in [2.24, 2.45) is 0 Å². The van der Waals surface area contributed by atoms with Crippen LogP contribution < -0.4 is 10.6 Å². The monoisotopic (exact) mass is 564 g/mol. The van der Waals surface area contributed by atoms with Gasteiger partial charge in [0.15, 0.2) is 0 Å². The molecular formula is C30H32N2O7S. The van der Waals surface area contributed by atoms with E-state index in [4.69, 9.17) is 14.2 Å². The molecule has 0 aliphatic heterocycles. The number of rotatable bonds is 14. The van der Waals surface area contributed by atoms with E-state index in [1.807, 2.05) is 66.7 Å². The quantitative estimate of drug-likeness (QED) is 0.154. The van der Waals surface area contributed by atoms with Gasteiger partial charge in [-0.2, -0.15) is 12.6 Å². The van der Waals surface area contributed by atoms with Crippen LogP contribution in [0, 0.1) is 0 Å². The maximum atomic E-state index is 12.9. The van der Waals surface area contributed by atoms with Crippen LogP contribution in [0.1, 0.15) is 29.5 Å². The van der Waals surface area contributed by atoms with Crippen LogP contribution in [0.4, 0.5) is 4.79 Å². The smallest absolute Gasteiger partial charge is 0.329 e. The molecule has 40 heavy (non-hydrogen) atoms. The largest absolute Gasteiger partial charge is 0.461 e. The predicted octanol–water partition coefficient (Wildman–Crippen LogP) is 3.96. The molecule has 0 spiro atoms. The van der Waals surface area contributed by atoms with Crippen molar-refractivity contribution in [1.29, 1.82) is 0 Å². The number of urea groups is 1. The fourth-order valence-electron chi connectivity index (χ4n) is 3.52. The zero-order valence-electron chi connectivity index (χ0n) is 21.9. The Hall–Kier alpha value is -4.31. The zero-order valence-corrected chi connectivity index (χ0v) is 22.8. The maximum absolute atomic E-state index is 12.9. The zero-order chi connectivity index (χ0) is 28.6. The highest BCUT2D eigenvalue weighted by atomic mass is 32.1. The van der Waals surface area contributed by atoms with Gasteiger partial charge in [-0.15, -0.1) is 0 Å². The number of carbonyl (C=O) groups is 4. The van der Waals surface area contributed by atoms with E-state index < -0.39 is 36.0 Å². The predicted molar refractivity (Wildman–Crippen MR) is 151 cm³/mol. The molecule has 3 aromatic rings. The summed E-state index contributed by atoms with van der Waals surface area (Å²) in [7, 11) is 0. The number of thiol groups is 1. The van der Waals surface area contributed by atoms with E-state index in [1.165, 1.54) is 0 Å². The standard InChI is InChI=1S/C30H32N2O7S/c33-27(37-18-22-10-4-1-5-11-22)17-16-25(28(34)38-19-23-12-6-2-7-13-23)31-30(36)32-26(21-40)29(35)39-20-24-14-8-3-9-15-24/h1-15,25-26,40H,16-21H2,(H2,31,32,36)/t25?,26-/m0/s1. The van der Waals surface area contributed by atoms with Crippen LogP contribution in [0.3, 0.4) is 0 Å². The minimum absolute atomic E-state index is 0.0109. The molecule has 9 nitrogen and oxygen atoms in total. The summed E-state index contributed by atoms with van der Waals surface area (Å²) in [5.41, 5.74) is 2.38. The first kappa shape index (κ1) is 30.2. The number of carbonyl (C=O) groups excluding carboxylic acids is 4. The van der Waals surface area contributed by atoms with E-state index in [-0.39, 0.29) is 38.4 Å². The molecule has 0 aromatic heterocycles. The molecule has 10 heteroatoms. The fraction of sp³-hybridized carbons (Fsp3) is 0.267. The van der Waals surface area contributed by atoms with Gasteiger partial charge in [-0.05, 0) is 23.1 Å². The molecular weight excluding hydrogens is 532 g/mol. The van der Waals surface area contributed by atoms with E-state index >= 15 is 0 Å². The van der Waals surface area contributed by atoms with Gasteiger partial charge in [-0.1, -0.05) is 91.0 Å². The first-order chi connectivity index (χ1) is 19.4. The van der Waals surface area contributed by atoms with E-state index in [0.717, 1.165) is 16.7 Å². The van der Waals surface area contributed by atoms with Crippen LogP contribution in [0.25, 0.3) is 0 Å². The van der Waals surface area contributed by atoms with Crippen molar-refractivity contribution in [3.63, 3.8) is 0 Å². The van der Waals surface area contributed by atoms with Gasteiger partial charge in [0.05, 0.1) is 0 Å². The Morgan fingerprint density at radius 2 is 1.00 bits per heavy atom. The topological polar surface area (TPSA) is 120 Å². The summed E-state index contributed by atoms with van der Waals surface area (Å²) >= 11 is 4.14. The van der Waals surface area contributed by atoms with Crippen molar-refractivity contribution in [3.05, 3.63) is 108 Å². The minimum Gasteiger partial charge on any atom is -0.461 e. The van der Waals surface area contributed by atoms with Crippen molar-refractivity contribution in [1.82, 2.24) is 10.6 Å². The van der Waals surface area contributed by atoms with Crippen molar-refractivity contribution < 1.29 is 33.4 Å². The summed E-state index contributed by atoms with van der Waals surface area (Å²) in [5, 5.41) is 4.97.